The molecule has 0 aliphatic carbocycles. The lowest BCUT2D eigenvalue weighted by molar-refractivity contribution is -0.137. The molecule has 2 aromatic rings. The molecule has 0 atom stereocenters. The number of carbonyl (C=O) groups excluding carboxylic acids is 3. The zero-order chi connectivity index (χ0) is 30.6. The number of amides is 3. The molecule has 9 heteroatoms. The van der Waals surface area contributed by atoms with Crippen molar-refractivity contribution in [3.8, 4) is 0 Å². The first-order valence-electron chi connectivity index (χ1n) is 15.3. The Bertz CT molecular complexity index is 991. The van der Waals surface area contributed by atoms with Crippen molar-refractivity contribution in [3.63, 3.8) is 0 Å². The second-order valence-electron chi connectivity index (χ2n) is 10.8. The van der Waals surface area contributed by atoms with E-state index in [-0.39, 0.29) is 37.4 Å². The first kappa shape index (κ1) is 35.1. The summed E-state index contributed by atoms with van der Waals surface area (Å²) in [6, 6.07) is 20.8. The molecule has 232 valence electrons. The number of hydrogen-bond donors (Lipinski definition) is 3. The Balaban J connectivity index is 1.90. The van der Waals surface area contributed by atoms with Gasteiger partial charge in [0, 0.05) is 12.5 Å². The van der Waals surface area contributed by atoms with Gasteiger partial charge in [0.2, 0.25) is 17.7 Å². The molecule has 0 aliphatic rings. The van der Waals surface area contributed by atoms with Gasteiger partial charge < -0.3 is 25.3 Å². The fourth-order valence-electron chi connectivity index (χ4n) is 4.90. The van der Waals surface area contributed by atoms with Crippen molar-refractivity contribution in [2.75, 3.05) is 79.5 Å². The van der Waals surface area contributed by atoms with Crippen molar-refractivity contribution in [3.05, 3.63) is 71.8 Å². The lowest BCUT2D eigenvalue weighted by Crippen LogP contribution is -2.47. The molecule has 0 bridgehead atoms. The van der Waals surface area contributed by atoms with Gasteiger partial charge in [0.05, 0.1) is 19.6 Å². The fraction of sp³-hybridized carbons (Fsp3) is 0.545. The van der Waals surface area contributed by atoms with Crippen LogP contribution in [-0.4, -0.2) is 112 Å². The van der Waals surface area contributed by atoms with E-state index in [0.29, 0.717) is 19.6 Å². The Labute approximate surface area is 253 Å². The van der Waals surface area contributed by atoms with Gasteiger partial charge in [-0.05, 0) is 83.8 Å². The lowest BCUT2D eigenvalue weighted by atomic mass is 9.88. The first-order valence-corrected chi connectivity index (χ1v) is 15.3. The highest BCUT2D eigenvalue weighted by Gasteiger charge is 2.19. The molecule has 42 heavy (non-hydrogen) atoms. The van der Waals surface area contributed by atoms with Gasteiger partial charge in [0.25, 0.3) is 0 Å². The zero-order valence-corrected chi connectivity index (χ0v) is 26.1. The summed E-state index contributed by atoms with van der Waals surface area (Å²) in [6.45, 7) is 9.73. The van der Waals surface area contributed by atoms with Gasteiger partial charge in [0.15, 0.2) is 0 Å². The van der Waals surface area contributed by atoms with Crippen LogP contribution in [0.25, 0.3) is 0 Å². The van der Waals surface area contributed by atoms with E-state index in [9.17, 15) is 14.4 Å². The number of nitrogens with one attached hydrogen (secondary N) is 3. The van der Waals surface area contributed by atoms with Crippen LogP contribution in [0.15, 0.2) is 60.7 Å². The third-order valence-corrected chi connectivity index (χ3v) is 7.30. The van der Waals surface area contributed by atoms with E-state index in [4.69, 9.17) is 0 Å². The fourth-order valence-corrected chi connectivity index (χ4v) is 4.90. The molecule has 2 rings (SSSR count). The highest BCUT2D eigenvalue weighted by Crippen LogP contribution is 2.27. The van der Waals surface area contributed by atoms with E-state index in [2.05, 4.69) is 88.1 Å². The summed E-state index contributed by atoms with van der Waals surface area (Å²) in [5.41, 5.74) is 2.48. The Morgan fingerprint density at radius 2 is 1.31 bits per heavy atom. The molecular weight excluding hydrogens is 528 g/mol. The minimum atomic E-state index is -0.459. The average molecular weight is 581 g/mol. The molecule has 0 aliphatic heterocycles. The van der Waals surface area contributed by atoms with Crippen molar-refractivity contribution in [1.82, 2.24) is 30.7 Å². The molecule has 0 fully saturated rings. The van der Waals surface area contributed by atoms with Gasteiger partial charge in [-0.1, -0.05) is 74.5 Å². The minimum Gasteiger partial charge on any atom is -0.332 e. The van der Waals surface area contributed by atoms with Crippen molar-refractivity contribution < 1.29 is 14.4 Å². The van der Waals surface area contributed by atoms with Crippen LogP contribution < -0.4 is 16.0 Å². The second kappa shape index (κ2) is 20.7. The van der Waals surface area contributed by atoms with Gasteiger partial charge >= 0.3 is 0 Å². The summed E-state index contributed by atoms with van der Waals surface area (Å²) < 4.78 is 0. The largest absolute Gasteiger partial charge is 0.332 e. The number of benzene rings is 2. The highest BCUT2D eigenvalue weighted by atomic mass is 16.2. The summed E-state index contributed by atoms with van der Waals surface area (Å²) in [6.07, 6.45) is 2.50. The van der Waals surface area contributed by atoms with Gasteiger partial charge in [-0.3, -0.25) is 19.7 Å². The van der Waals surface area contributed by atoms with Crippen LogP contribution >= 0.6 is 0 Å². The van der Waals surface area contributed by atoms with Crippen molar-refractivity contribution in [1.29, 1.82) is 0 Å². The maximum Gasteiger partial charge on any atom is 0.246 e. The van der Waals surface area contributed by atoms with Gasteiger partial charge in [-0.15, -0.1) is 0 Å². The average Bonchev–Trinajstić information content (AvgIpc) is 2.99. The van der Waals surface area contributed by atoms with E-state index >= 15 is 0 Å². The van der Waals surface area contributed by atoms with E-state index in [0.717, 1.165) is 45.4 Å². The molecule has 2 aromatic carbocycles. The maximum absolute atomic E-state index is 13.2. The van der Waals surface area contributed by atoms with Gasteiger partial charge in [-0.2, -0.15) is 0 Å². The van der Waals surface area contributed by atoms with E-state index in [1.54, 1.807) is 4.90 Å². The third-order valence-electron chi connectivity index (χ3n) is 7.30. The molecule has 0 aromatic heterocycles. The van der Waals surface area contributed by atoms with Crippen LogP contribution in [0.3, 0.4) is 0 Å². The Kier molecular flexibility index (Phi) is 17.3. The smallest absolute Gasteiger partial charge is 0.246 e. The molecule has 0 unspecified atom stereocenters. The molecular formula is C33H52N6O3. The minimum absolute atomic E-state index is 0.0701. The molecule has 0 saturated heterocycles. The molecule has 3 amide bonds. The Morgan fingerprint density at radius 1 is 0.714 bits per heavy atom. The van der Waals surface area contributed by atoms with Crippen LogP contribution in [0.2, 0.25) is 0 Å². The standard InChI is InChI=1S/C33H52N6O3/c1-5-38(6-2)23-14-24-39(27-32(41)36-31(40)25-34-20-13-22-37(3)4)33(42)26-35-21-19-30(28-15-9-7-10-16-28)29-17-11-8-12-18-29/h7-12,15-18,30,34-35H,5-6,13-14,19-27H2,1-4H3,(H,36,40,41). The normalized spacial score (nSPS) is 11.3. The van der Waals surface area contributed by atoms with Crippen LogP contribution in [0.1, 0.15) is 50.2 Å². The lowest BCUT2D eigenvalue weighted by Gasteiger charge is -2.25. The van der Waals surface area contributed by atoms with Crippen molar-refractivity contribution in [2.24, 2.45) is 0 Å². The summed E-state index contributed by atoms with van der Waals surface area (Å²) in [5, 5.41) is 8.80. The topological polar surface area (TPSA) is 97.0 Å². The van der Waals surface area contributed by atoms with Gasteiger partial charge in [0.1, 0.15) is 0 Å². The van der Waals surface area contributed by atoms with Crippen LogP contribution in [0, 0.1) is 0 Å². The van der Waals surface area contributed by atoms with Crippen molar-refractivity contribution in [2.45, 2.75) is 39.0 Å². The predicted octanol–water partition coefficient (Wildman–Crippen LogP) is 2.54. The molecule has 3 N–H and O–H groups in total. The molecule has 0 radical (unpaired) electrons. The SMILES string of the molecule is CCN(CC)CCCN(CC(=O)NC(=O)CNCCCN(C)C)C(=O)CNCCC(c1ccccc1)c1ccccc1. The number of rotatable bonds is 21. The van der Waals surface area contributed by atoms with E-state index in [1.807, 2.05) is 26.2 Å². The summed E-state index contributed by atoms with van der Waals surface area (Å²) >= 11 is 0. The number of hydrogen-bond acceptors (Lipinski definition) is 7. The molecule has 9 nitrogen and oxygen atoms in total. The quantitative estimate of drug-likeness (QED) is 0.195. The van der Waals surface area contributed by atoms with Crippen LogP contribution in [0.4, 0.5) is 0 Å². The van der Waals surface area contributed by atoms with Gasteiger partial charge in [-0.25, -0.2) is 0 Å². The van der Waals surface area contributed by atoms with Crippen LogP contribution in [-0.2, 0) is 14.4 Å². The number of imide groups is 1. The monoisotopic (exact) mass is 580 g/mol. The van der Waals surface area contributed by atoms with E-state index in [1.165, 1.54) is 11.1 Å². The summed E-state index contributed by atoms with van der Waals surface area (Å²) in [5.74, 6) is -0.769. The number of carbonyl (C=O) groups is 3. The molecule has 0 spiro atoms. The first-order chi connectivity index (χ1) is 20.3. The predicted molar refractivity (Wildman–Crippen MR) is 170 cm³/mol. The number of nitrogens with zero attached hydrogens (tertiary/aromatic N) is 3. The maximum atomic E-state index is 13.2. The third kappa shape index (κ3) is 14.2. The highest BCUT2D eigenvalue weighted by molar-refractivity contribution is 5.98. The van der Waals surface area contributed by atoms with E-state index < -0.39 is 5.91 Å². The summed E-state index contributed by atoms with van der Waals surface area (Å²) in [7, 11) is 4.00. The summed E-state index contributed by atoms with van der Waals surface area (Å²) in [4.78, 5) is 44.1. The Hall–Kier alpha value is -3.11. The van der Waals surface area contributed by atoms with Crippen LogP contribution in [0.5, 0.6) is 0 Å². The molecule has 0 heterocycles. The van der Waals surface area contributed by atoms with Crippen molar-refractivity contribution >= 4 is 17.7 Å². The zero-order valence-electron chi connectivity index (χ0n) is 26.1. The second-order valence-corrected chi connectivity index (χ2v) is 10.8. The molecule has 0 saturated carbocycles. The Morgan fingerprint density at radius 3 is 1.88 bits per heavy atom.